The number of primary sulfonamides is 1. The number of carbonyl (C=O) groups is 3. The van der Waals surface area contributed by atoms with Crippen molar-refractivity contribution < 1.29 is 94.1 Å². The van der Waals surface area contributed by atoms with Crippen molar-refractivity contribution in [3.63, 3.8) is 0 Å². The number of para-hydroxylation sites is 2. The van der Waals surface area contributed by atoms with Gasteiger partial charge in [-0.3, -0.25) is 33.0 Å². The van der Waals surface area contributed by atoms with E-state index in [9.17, 15) is 62.3 Å². The third-order valence-corrected chi connectivity index (χ3v) is 23.9. The van der Waals surface area contributed by atoms with Gasteiger partial charge in [-0.1, -0.05) is 87.7 Å². The number of sulfonamides is 1. The van der Waals surface area contributed by atoms with E-state index in [-0.39, 0.29) is 69.3 Å². The van der Waals surface area contributed by atoms with Gasteiger partial charge in [0.25, 0.3) is 20.2 Å². The second kappa shape index (κ2) is 35.4. The van der Waals surface area contributed by atoms with Crippen LogP contribution < -0.4 is 25.0 Å². The van der Waals surface area contributed by atoms with Crippen molar-refractivity contribution in [2.24, 2.45) is 11.1 Å². The molecule has 0 radical (unpaired) electrons. The lowest BCUT2D eigenvalue weighted by molar-refractivity contribution is -0.471. The Morgan fingerprint density at radius 1 is 0.733 bits per heavy atom. The predicted octanol–water partition coefficient (Wildman–Crippen LogP) is 10.8. The first-order chi connectivity index (χ1) is 49.3. The molecule has 0 unspecified atom stereocenters. The number of Topliss-reactive ketones (excluding diaryl/α,β-unsaturated/α-hetero) is 1. The molecule has 2 heterocycles. The van der Waals surface area contributed by atoms with Crippen LogP contribution >= 0.6 is 0 Å². The molecule has 1 fully saturated rings. The number of guanidine groups is 1. The summed E-state index contributed by atoms with van der Waals surface area (Å²) in [5.74, 6) is -10.7. The summed E-state index contributed by atoms with van der Waals surface area (Å²) < 4.78 is 185. The Labute approximate surface area is 615 Å². The number of nitrogens with two attached hydrogens (primary N) is 1. The molecule has 2 aliphatic heterocycles. The first kappa shape index (κ1) is 83.1. The van der Waals surface area contributed by atoms with Gasteiger partial charge in [-0.15, -0.1) is 0 Å². The van der Waals surface area contributed by atoms with Gasteiger partial charge in [0.15, 0.2) is 43.6 Å². The van der Waals surface area contributed by atoms with E-state index in [0.717, 1.165) is 70.7 Å². The van der Waals surface area contributed by atoms with E-state index in [2.05, 4.69) is 78.9 Å². The monoisotopic (exact) mass is 1540 g/mol. The number of anilines is 2. The van der Waals surface area contributed by atoms with Crippen molar-refractivity contribution in [2.45, 2.75) is 170 Å². The molecule has 30 heteroatoms. The number of carboxylic acids is 1. The Balaban J connectivity index is 0.945. The number of ether oxygens (including phenoxy) is 2. The maximum atomic E-state index is 16.9. The number of unbranched alkanes of at least 4 members (excludes halogenated alkanes) is 2. The van der Waals surface area contributed by atoms with Gasteiger partial charge in [-0.25, -0.2) is 40.0 Å². The molecule has 0 bridgehead atoms. The fourth-order valence-electron chi connectivity index (χ4n) is 14.6. The number of nitrogens with zero attached hydrogens (tertiary/aromatic N) is 5. The molecule has 574 valence electrons. The highest BCUT2D eigenvalue weighted by Gasteiger charge is 2.47. The first-order valence-electron chi connectivity index (χ1n) is 35.5. The molecule has 0 spiro atoms. The van der Waals surface area contributed by atoms with Crippen LogP contribution in [0.2, 0.25) is 0 Å². The number of ketones is 1. The number of benzene rings is 4. The topological polar surface area (TPSA) is 321 Å². The van der Waals surface area contributed by atoms with Gasteiger partial charge in [0, 0.05) is 73.3 Å². The van der Waals surface area contributed by atoms with Crippen molar-refractivity contribution in [3.8, 4) is 5.75 Å². The SMILES string of the molecule is CN(C)C(N(c1c(F)c(S(N)(=O)=O)c(F)c(F)c1S(=O)(=O)CCC(=O)NCCOCCC(=O)C[C@@H](Cc1ccc(OC2=C(C=CC3=[N+](CCCCS(=O)(=O)O)c4ccccc4C3(C)C)CCCC2=CC=C2N(CCCCS(=O)(=O)O)c3ccccc3C2(C)C)cc1)C(=O)O)C1CCCCCCC1)=[N+](C)C. The Kier molecular flexibility index (Phi) is 28.0. The van der Waals surface area contributed by atoms with E-state index in [4.69, 9.17) is 14.6 Å². The zero-order valence-electron chi connectivity index (χ0n) is 61.0. The van der Waals surface area contributed by atoms with Crippen LogP contribution in [0.25, 0.3) is 0 Å². The number of fused-ring (bicyclic) bond motifs is 2. The van der Waals surface area contributed by atoms with Gasteiger partial charge < -0.3 is 24.8 Å². The van der Waals surface area contributed by atoms with Crippen molar-refractivity contribution in [3.05, 3.63) is 154 Å². The van der Waals surface area contributed by atoms with Crippen LogP contribution in [-0.4, -0.2) is 176 Å². The van der Waals surface area contributed by atoms with Crippen molar-refractivity contribution >= 4 is 86.5 Å². The van der Waals surface area contributed by atoms with Gasteiger partial charge >= 0.3 is 11.9 Å². The lowest BCUT2D eigenvalue weighted by atomic mass is 9.81. The maximum Gasteiger partial charge on any atom is 0.354 e. The summed E-state index contributed by atoms with van der Waals surface area (Å²) in [6.07, 6.45) is 14.9. The maximum absolute atomic E-state index is 16.9. The Morgan fingerprint density at radius 3 is 1.98 bits per heavy atom. The summed E-state index contributed by atoms with van der Waals surface area (Å²) in [4.78, 5) is 40.8. The van der Waals surface area contributed by atoms with E-state index in [1.807, 2.05) is 36.4 Å². The molecule has 1 amide bonds. The second-order valence-electron chi connectivity index (χ2n) is 28.7. The number of allylic oxidation sites excluding steroid dienone is 7. The van der Waals surface area contributed by atoms with Crippen LogP contribution in [0.3, 0.4) is 0 Å². The Bertz CT molecular complexity index is 4560. The highest BCUT2D eigenvalue weighted by Crippen LogP contribution is 2.49. The Hall–Kier alpha value is -7.58. The third kappa shape index (κ3) is 21.2. The number of carbonyl (C=O) groups excluding carboxylic acids is 2. The van der Waals surface area contributed by atoms with Crippen LogP contribution in [0.5, 0.6) is 5.75 Å². The van der Waals surface area contributed by atoms with Crippen LogP contribution in [0.15, 0.2) is 129 Å². The number of nitrogens with one attached hydrogen (secondary N) is 1. The fraction of sp³-hybridized carbons (Fsp3) is 0.507. The van der Waals surface area contributed by atoms with E-state index in [1.54, 1.807) is 52.5 Å². The number of halogens is 3. The Morgan fingerprint density at radius 2 is 1.35 bits per heavy atom. The van der Waals surface area contributed by atoms with Gasteiger partial charge in [0.05, 0.1) is 76.0 Å². The zero-order chi connectivity index (χ0) is 77.0. The van der Waals surface area contributed by atoms with Gasteiger partial charge in [0.1, 0.15) is 28.7 Å². The average molecular weight is 1540 g/mol. The standard InChI is InChI=1S/C75H98F3N7O16S4/c1-74(2)58-27-14-16-29-60(58)83(42-18-20-46-103(92,93)94)62(74)37-33-52-23-22-24-53(34-38-63-75(3,4)59-28-15-17-30-61(59)84(63)43-19-21-47-104(95,96)97)69(52)101-57-35-31-51(32-36-57)49-54(72(88)89)50-56(86)39-44-100-45-41-80-64(87)40-48-102(90,91)71-66(77)65(76)70(105(79,98)99)67(78)68(71)85(73(81(5)6)82(7)8)55-25-12-10-9-11-13-26-55/h14-17,27-38,54-55H,9-13,18-26,39-50H2,1-8H3,(H4-2,79,80,87,88,89,92,93,94,95,96,97,98,99)/p+2/t54-/m1/s1. The molecular weight excluding hydrogens is 1440 g/mol. The number of hydrogen-bond donors (Lipinski definition) is 5. The van der Waals surface area contributed by atoms with Crippen LogP contribution in [-0.2, 0) is 76.5 Å². The minimum atomic E-state index is -5.32. The van der Waals surface area contributed by atoms with Crippen LogP contribution in [0, 0.1) is 23.4 Å². The van der Waals surface area contributed by atoms with Crippen molar-refractivity contribution in [1.82, 2.24) is 10.2 Å². The summed E-state index contributed by atoms with van der Waals surface area (Å²) >= 11 is 0. The highest BCUT2D eigenvalue weighted by atomic mass is 32.2. The number of hydrogen-bond acceptors (Lipinski definition) is 14. The van der Waals surface area contributed by atoms with Crippen molar-refractivity contribution in [2.75, 3.05) is 88.1 Å². The number of aliphatic carboxylic acids is 1. The molecule has 4 aliphatic rings. The van der Waals surface area contributed by atoms with E-state index in [0.29, 0.717) is 81.5 Å². The third-order valence-electron chi connectivity index (χ3n) is 19.7. The fourth-order valence-corrected chi connectivity index (χ4v) is 17.9. The van der Waals surface area contributed by atoms with E-state index < -0.39 is 126 Å². The lowest BCUT2D eigenvalue weighted by Gasteiger charge is -2.34. The summed E-state index contributed by atoms with van der Waals surface area (Å²) in [6, 6.07) is 22.4. The molecule has 1 saturated carbocycles. The molecule has 8 rings (SSSR count). The number of sulfone groups is 1. The van der Waals surface area contributed by atoms with Gasteiger partial charge in [-0.05, 0) is 137 Å². The number of amides is 1. The molecule has 4 aromatic carbocycles. The zero-order valence-corrected chi connectivity index (χ0v) is 64.3. The molecule has 4 aromatic rings. The first-order valence-corrected chi connectivity index (χ1v) is 41.9. The molecule has 105 heavy (non-hydrogen) atoms. The van der Waals surface area contributed by atoms with Gasteiger partial charge in [-0.2, -0.15) is 21.4 Å². The largest absolute Gasteiger partial charge is 0.481 e. The minimum absolute atomic E-state index is 0.0177. The quantitative estimate of drug-likeness (QED) is 0.00739. The van der Waals surface area contributed by atoms with Crippen molar-refractivity contribution in [1.29, 1.82) is 0 Å². The summed E-state index contributed by atoms with van der Waals surface area (Å²) in [5.41, 5.74) is 6.52. The number of rotatable bonds is 33. The minimum Gasteiger partial charge on any atom is -0.481 e. The van der Waals surface area contributed by atoms with E-state index >= 15 is 13.2 Å². The molecule has 0 saturated heterocycles. The average Bonchev–Trinajstić information content (AvgIpc) is 1.71. The lowest BCUT2D eigenvalue weighted by Crippen LogP contribution is -2.52. The normalized spacial score (nSPS) is 17.6. The summed E-state index contributed by atoms with van der Waals surface area (Å²) in [6.45, 7) is 8.98. The number of carboxylic acid groups (broad SMARTS) is 1. The highest BCUT2D eigenvalue weighted by molar-refractivity contribution is 7.91. The summed E-state index contributed by atoms with van der Waals surface area (Å²) in [5, 5.41) is 18.1. The molecule has 23 nitrogen and oxygen atoms in total. The van der Waals surface area contributed by atoms with Gasteiger partial charge in [0.2, 0.25) is 21.6 Å². The molecule has 2 aliphatic carbocycles. The molecule has 0 aromatic heterocycles. The predicted molar refractivity (Wildman–Crippen MR) is 397 cm³/mol. The smallest absolute Gasteiger partial charge is 0.354 e. The second-order valence-corrected chi connectivity index (χ2v) is 35.4. The van der Waals surface area contributed by atoms with Crippen LogP contribution in [0.1, 0.15) is 154 Å². The van der Waals surface area contributed by atoms with Crippen LogP contribution in [0.4, 0.5) is 30.2 Å². The summed E-state index contributed by atoms with van der Waals surface area (Å²) in [7, 11) is -12.5. The molecule has 1 atom stereocenters. The molecule has 6 N–H and O–H groups in total. The molecular formula is C75H100F3N7O16S4+2. The van der Waals surface area contributed by atoms with E-state index in [1.165, 1.54) is 14.4 Å².